The normalized spacial score (nSPS) is 13.4. The van der Waals surface area contributed by atoms with Crippen molar-refractivity contribution in [3.63, 3.8) is 0 Å². The predicted octanol–water partition coefficient (Wildman–Crippen LogP) is 0.683. The van der Waals surface area contributed by atoms with E-state index in [1.165, 1.54) is 11.8 Å². The van der Waals surface area contributed by atoms with E-state index in [2.05, 4.69) is 5.16 Å². The van der Waals surface area contributed by atoms with E-state index in [0.29, 0.717) is 18.0 Å². The van der Waals surface area contributed by atoms with Crippen molar-refractivity contribution in [2.24, 2.45) is 0 Å². The van der Waals surface area contributed by atoms with Crippen molar-refractivity contribution in [1.29, 1.82) is 0 Å². The summed E-state index contributed by atoms with van der Waals surface area (Å²) in [5.74, 6) is 0.205. The van der Waals surface area contributed by atoms with Crippen LogP contribution >= 0.6 is 0 Å². The fourth-order valence-corrected chi connectivity index (χ4v) is 2.08. The lowest BCUT2D eigenvalue weighted by Gasteiger charge is -2.20. The Balaban J connectivity index is 2.84. The minimum absolute atomic E-state index is 0.292. The van der Waals surface area contributed by atoms with E-state index in [0.717, 1.165) is 11.8 Å². The molecule has 1 heterocycles. The predicted molar refractivity (Wildman–Crippen MR) is 66.8 cm³/mol. The topological polar surface area (TPSA) is 80.5 Å². The van der Waals surface area contributed by atoms with Crippen LogP contribution in [0, 0.1) is 13.8 Å². The van der Waals surface area contributed by atoms with Gasteiger partial charge in [0, 0.05) is 18.9 Å². The molecule has 0 saturated carbocycles. The van der Waals surface area contributed by atoms with E-state index in [9.17, 15) is 13.2 Å². The summed E-state index contributed by atoms with van der Waals surface area (Å²) in [4.78, 5) is 13.3. The molecule has 0 radical (unpaired) electrons. The monoisotopic (exact) mass is 274 g/mol. The Labute approximate surface area is 107 Å². The molecule has 0 aliphatic heterocycles. The van der Waals surface area contributed by atoms with Crippen molar-refractivity contribution < 1.29 is 17.7 Å². The molecule has 1 aromatic rings. The maximum atomic E-state index is 11.9. The van der Waals surface area contributed by atoms with E-state index in [1.807, 2.05) is 0 Å². The van der Waals surface area contributed by atoms with Crippen LogP contribution in [0.2, 0.25) is 0 Å². The fraction of sp³-hybridized carbons (Fsp3) is 0.636. The molecule has 1 amide bonds. The fourth-order valence-electron chi connectivity index (χ4n) is 1.54. The number of sulfone groups is 1. The van der Waals surface area contributed by atoms with Gasteiger partial charge >= 0.3 is 0 Å². The van der Waals surface area contributed by atoms with Gasteiger partial charge in [0.1, 0.15) is 11.0 Å². The van der Waals surface area contributed by atoms with Crippen LogP contribution in [-0.4, -0.2) is 42.9 Å². The third-order valence-electron chi connectivity index (χ3n) is 2.94. The van der Waals surface area contributed by atoms with Crippen LogP contribution in [0.4, 0.5) is 0 Å². The Hall–Kier alpha value is -1.37. The van der Waals surface area contributed by atoms with Crippen molar-refractivity contribution in [1.82, 2.24) is 10.1 Å². The lowest BCUT2D eigenvalue weighted by atomic mass is 10.2. The minimum atomic E-state index is -3.38. The molecule has 0 saturated heterocycles. The molecule has 0 unspecified atom stereocenters. The highest BCUT2D eigenvalue weighted by atomic mass is 32.2. The van der Waals surface area contributed by atoms with E-state index in [4.69, 9.17) is 4.52 Å². The molecule has 0 bridgehead atoms. The second-order valence-corrected chi connectivity index (χ2v) is 6.83. The summed E-state index contributed by atoms with van der Waals surface area (Å²) < 4.78 is 27.7. The molecule has 6 nitrogen and oxygen atoms in total. The summed E-state index contributed by atoms with van der Waals surface area (Å²) in [7, 11) is -1.81. The summed E-state index contributed by atoms with van der Waals surface area (Å²) in [6, 6.07) is 0. The number of amides is 1. The zero-order valence-electron chi connectivity index (χ0n) is 11.2. The zero-order valence-corrected chi connectivity index (χ0v) is 12.0. The Kier molecular flexibility index (Phi) is 4.16. The first-order valence-electron chi connectivity index (χ1n) is 5.50. The second-order valence-electron chi connectivity index (χ2n) is 4.47. The van der Waals surface area contributed by atoms with Crippen LogP contribution in [0.25, 0.3) is 0 Å². The second kappa shape index (κ2) is 5.09. The number of hydrogen-bond acceptors (Lipinski definition) is 5. The molecule has 0 N–H and O–H groups in total. The average Bonchev–Trinajstić information content (AvgIpc) is 2.57. The quantitative estimate of drug-likeness (QED) is 0.806. The van der Waals surface area contributed by atoms with Crippen LogP contribution in [0.15, 0.2) is 4.52 Å². The minimum Gasteiger partial charge on any atom is -0.361 e. The largest absolute Gasteiger partial charge is 0.361 e. The van der Waals surface area contributed by atoms with Gasteiger partial charge in [-0.1, -0.05) is 5.16 Å². The van der Waals surface area contributed by atoms with Gasteiger partial charge in [-0.15, -0.1) is 0 Å². The first-order chi connectivity index (χ1) is 8.14. The maximum Gasteiger partial charge on any atom is 0.240 e. The molecule has 1 rings (SSSR count). The maximum absolute atomic E-state index is 11.9. The first-order valence-corrected chi connectivity index (χ1v) is 7.45. The molecular weight excluding hydrogens is 256 g/mol. The average molecular weight is 274 g/mol. The van der Waals surface area contributed by atoms with Crippen molar-refractivity contribution in [3.05, 3.63) is 17.0 Å². The Bertz CT molecular complexity index is 528. The van der Waals surface area contributed by atoms with Crippen molar-refractivity contribution in [2.75, 3.05) is 13.3 Å². The van der Waals surface area contributed by atoms with E-state index in [-0.39, 0.29) is 0 Å². The van der Waals surface area contributed by atoms with Gasteiger partial charge in [-0.25, -0.2) is 8.42 Å². The smallest absolute Gasteiger partial charge is 0.240 e. The molecule has 0 aliphatic rings. The molecule has 0 aromatic carbocycles. The molecule has 102 valence electrons. The first kappa shape index (κ1) is 14.7. The highest BCUT2D eigenvalue weighted by Crippen LogP contribution is 2.15. The Morgan fingerprint density at radius 2 is 2.00 bits per heavy atom. The van der Waals surface area contributed by atoms with Gasteiger partial charge in [-0.05, 0) is 20.8 Å². The highest BCUT2D eigenvalue weighted by Gasteiger charge is 2.27. The van der Waals surface area contributed by atoms with Gasteiger partial charge in [0.05, 0.1) is 12.2 Å². The van der Waals surface area contributed by atoms with Crippen molar-refractivity contribution in [3.8, 4) is 0 Å². The van der Waals surface area contributed by atoms with Gasteiger partial charge in [0.15, 0.2) is 9.84 Å². The summed E-state index contributed by atoms with van der Waals surface area (Å²) in [6.07, 6.45) is 1.05. The number of nitrogens with zero attached hydrogens (tertiary/aromatic N) is 2. The summed E-state index contributed by atoms with van der Waals surface area (Å²) >= 11 is 0. The van der Waals surface area contributed by atoms with E-state index >= 15 is 0 Å². The molecule has 1 aromatic heterocycles. The summed E-state index contributed by atoms with van der Waals surface area (Å²) in [6.45, 7) is 5.22. The van der Waals surface area contributed by atoms with Crippen LogP contribution in [0.3, 0.4) is 0 Å². The number of rotatable bonds is 4. The van der Waals surface area contributed by atoms with E-state index in [1.54, 1.807) is 20.9 Å². The van der Waals surface area contributed by atoms with Crippen molar-refractivity contribution >= 4 is 15.7 Å². The lowest BCUT2D eigenvalue weighted by Crippen LogP contribution is -2.38. The molecule has 0 fully saturated rings. The molecule has 0 spiro atoms. The van der Waals surface area contributed by atoms with Gasteiger partial charge in [-0.2, -0.15) is 0 Å². The highest BCUT2D eigenvalue weighted by molar-refractivity contribution is 7.92. The van der Waals surface area contributed by atoms with Gasteiger partial charge < -0.3 is 9.42 Å². The summed E-state index contributed by atoms with van der Waals surface area (Å²) in [5.41, 5.74) is 1.52. The zero-order chi connectivity index (χ0) is 14.1. The van der Waals surface area contributed by atoms with Crippen LogP contribution in [0.5, 0.6) is 0 Å². The van der Waals surface area contributed by atoms with Crippen LogP contribution in [-0.2, 0) is 21.2 Å². The lowest BCUT2D eigenvalue weighted by molar-refractivity contribution is -0.129. The summed E-state index contributed by atoms with van der Waals surface area (Å²) in [5, 5.41) is 2.75. The van der Waals surface area contributed by atoms with Gasteiger partial charge in [0.2, 0.25) is 5.91 Å². The molecular formula is C11H18N2O4S. The van der Waals surface area contributed by atoms with Crippen molar-refractivity contribution in [2.45, 2.75) is 32.6 Å². The Morgan fingerprint density at radius 1 is 1.44 bits per heavy atom. The number of hydrogen-bond donors (Lipinski definition) is 0. The molecule has 1 atom stereocenters. The van der Waals surface area contributed by atoms with Gasteiger partial charge in [0.25, 0.3) is 0 Å². The molecule has 0 aliphatic carbocycles. The molecule has 7 heteroatoms. The number of aryl methyl sites for hydroxylation is 2. The third-order valence-corrected chi connectivity index (χ3v) is 4.43. The van der Waals surface area contributed by atoms with Gasteiger partial charge in [-0.3, -0.25) is 4.79 Å². The number of aromatic nitrogens is 1. The standard InChI is InChI=1S/C11H18N2O4S/c1-7-10(8(2)17-12-7)6-13(4)11(14)9(3)18(5,15)16/h9H,6H2,1-5H3/t9-/m0/s1. The van der Waals surface area contributed by atoms with Crippen LogP contribution < -0.4 is 0 Å². The molecule has 18 heavy (non-hydrogen) atoms. The number of carbonyl (C=O) groups excluding carboxylic acids is 1. The van der Waals surface area contributed by atoms with E-state index < -0.39 is 21.0 Å². The van der Waals surface area contributed by atoms with Crippen LogP contribution in [0.1, 0.15) is 23.9 Å². The number of carbonyl (C=O) groups is 1. The SMILES string of the molecule is Cc1noc(C)c1CN(C)C(=O)[C@H](C)S(C)(=O)=O. The Morgan fingerprint density at radius 3 is 2.39 bits per heavy atom. The third kappa shape index (κ3) is 3.10.